The molecule has 5 rings (SSSR count). The number of phenols is 1. The van der Waals surface area contributed by atoms with E-state index < -0.39 is 0 Å². The second kappa shape index (κ2) is 9.66. The van der Waals surface area contributed by atoms with Crippen molar-refractivity contribution in [2.75, 3.05) is 4.90 Å². The van der Waals surface area contributed by atoms with Crippen molar-refractivity contribution in [1.82, 2.24) is 14.9 Å². The van der Waals surface area contributed by atoms with Gasteiger partial charge < -0.3 is 24.6 Å². The summed E-state index contributed by atoms with van der Waals surface area (Å²) < 4.78 is 7.95. The molecular weight excluding hydrogens is 468 g/mol. The van der Waals surface area contributed by atoms with Crippen LogP contribution in [0.2, 0.25) is 0 Å². The molecule has 0 spiro atoms. The maximum Gasteiger partial charge on any atom is 0.174 e. The minimum atomic E-state index is -0.149. The normalized spacial score (nSPS) is 17.5. The summed E-state index contributed by atoms with van der Waals surface area (Å²) in [7, 11) is 0. The summed E-state index contributed by atoms with van der Waals surface area (Å²) in [4.78, 5) is 6.82. The highest BCUT2D eigenvalue weighted by Crippen LogP contribution is 2.44. The molecule has 2 N–H and O–H groups in total. The molecule has 184 valence electrons. The third-order valence-corrected chi connectivity index (χ3v) is 6.81. The number of hydrogen-bond acceptors (Lipinski definition) is 4. The number of benzene rings is 2. The molecule has 0 aliphatic carbocycles. The Morgan fingerprint density at radius 1 is 1.00 bits per heavy atom. The fraction of sp³-hybridized carbons (Fsp3) is 0.241. The van der Waals surface area contributed by atoms with E-state index in [-0.39, 0.29) is 23.9 Å². The van der Waals surface area contributed by atoms with Crippen molar-refractivity contribution in [1.29, 1.82) is 0 Å². The van der Waals surface area contributed by atoms with Gasteiger partial charge in [-0.2, -0.15) is 0 Å². The highest BCUT2D eigenvalue weighted by Gasteiger charge is 2.42. The zero-order valence-corrected chi connectivity index (χ0v) is 21.7. The minimum absolute atomic E-state index is 0.103. The van der Waals surface area contributed by atoms with E-state index in [0.717, 1.165) is 39.8 Å². The number of para-hydroxylation sites is 2. The maximum atomic E-state index is 10.6. The number of pyridine rings is 1. The number of phenolic OH excluding ortho intramolecular Hbond substituents is 1. The van der Waals surface area contributed by atoms with Gasteiger partial charge in [0, 0.05) is 23.3 Å². The van der Waals surface area contributed by atoms with Gasteiger partial charge in [-0.05, 0) is 100 Å². The molecule has 2 atom stereocenters. The first-order chi connectivity index (χ1) is 17.3. The predicted molar refractivity (Wildman–Crippen MR) is 147 cm³/mol. The topological polar surface area (TPSA) is 62.5 Å². The lowest BCUT2D eigenvalue weighted by atomic mass is 9.96. The first-order valence-electron chi connectivity index (χ1n) is 12.1. The lowest BCUT2D eigenvalue weighted by molar-refractivity contribution is 0.242. The van der Waals surface area contributed by atoms with E-state index in [4.69, 9.17) is 17.0 Å². The molecule has 4 aromatic rings. The van der Waals surface area contributed by atoms with Crippen LogP contribution in [0.3, 0.4) is 0 Å². The molecule has 2 aromatic carbocycles. The summed E-state index contributed by atoms with van der Waals surface area (Å²) in [5.41, 5.74) is 5.82. The average molecular weight is 499 g/mol. The van der Waals surface area contributed by atoms with Crippen molar-refractivity contribution in [2.45, 2.75) is 45.9 Å². The van der Waals surface area contributed by atoms with Crippen LogP contribution in [-0.4, -0.2) is 25.9 Å². The molecule has 36 heavy (non-hydrogen) atoms. The zero-order chi connectivity index (χ0) is 25.4. The second-order valence-corrected chi connectivity index (χ2v) is 9.69. The van der Waals surface area contributed by atoms with Crippen LogP contribution < -0.4 is 15.0 Å². The molecular formula is C29H30N4O2S. The number of thiocarbonyl (C=S) groups is 1. The number of anilines is 1. The van der Waals surface area contributed by atoms with Crippen molar-refractivity contribution >= 4 is 23.0 Å². The summed E-state index contributed by atoms with van der Waals surface area (Å²) >= 11 is 5.89. The summed E-state index contributed by atoms with van der Waals surface area (Å²) in [6.45, 7) is 8.17. The second-order valence-electron chi connectivity index (χ2n) is 9.31. The Morgan fingerprint density at radius 3 is 2.39 bits per heavy atom. The number of rotatable bonds is 6. The van der Waals surface area contributed by atoms with Crippen molar-refractivity contribution in [2.24, 2.45) is 0 Å². The Kier molecular flexibility index (Phi) is 6.41. The van der Waals surface area contributed by atoms with E-state index in [0.29, 0.717) is 5.11 Å². The van der Waals surface area contributed by atoms with Gasteiger partial charge in [-0.15, -0.1) is 0 Å². The largest absolute Gasteiger partial charge is 0.506 e. The molecule has 0 unspecified atom stereocenters. The lowest BCUT2D eigenvalue weighted by Crippen LogP contribution is -2.29. The fourth-order valence-corrected chi connectivity index (χ4v) is 5.36. The zero-order valence-electron chi connectivity index (χ0n) is 20.8. The number of aromatic nitrogens is 2. The van der Waals surface area contributed by atoms with E-state index >= 15 is 0 Å². The third-order valence-electron chi connectivity index (χ3n) is 6.50. The molecule has 0 saturated carbocycles. The molecule has 6 nitrogen and oxygen atoms in total. The summed E-state index contributed by atoms with van der Waals surface area (Å²) in [5.74, 6) is 1.06. The Hall–Kier alpha value is -3.84. The SMILES string of the molecule is Cc1cc([C@H]2[C@@H](c3ccccn3)NC(=S)N2c2ccc(OC(C)C)cc2)c(C)n1-c1ccccc1O. The van der Waals surface area contributed by atoms with Crippen LogP contribution >= 0.6 is 12.2 Å². The van der Waals surface area contributed by atoms with Crippen LogP contribution in [0, 0.1) is 13.8 Å². The van der Waals surface area contributed by atoms with Crippen molar-refractivity contribution in [3.8, 4) is 17.2 Å². The maximum absolute atomic E-state index is 10.6. The van der Waals surface area contributed by atoms with Gasteiger partial charge >= 0.3 is 0 Å². The molecule has 1 aliphatic heterocycles. The minimum Gasteiger partial charge on any atom is -0.506 e. The number of aromatic hydroxyl groups is 1. The summed E-state index contributed by atoms with van der Waals surface area (Å²) in [6, 6.07) is 23.3. The molecule has 2 aromatic heterocycles. The number of hydrogen-bond donors (Lipinski definition) is 2. The van der Waals surface area contributed by atoms with Crippen LogP contribution in [0.4, 0.5) is 5.69 Å². The van der Waals surface area contributed by atoms with Crippen molar-refractivity contribution in [3.05, 3.63) is 102 Å². The van der Waals surface area contributed by atoms with Crippen LogP contribution in [0.15, 0.2) is 79.0 Å². The van der Waals surface area contributed by atoms with Gasteiger partial charge in [0.1, 0.15) is 11.5 Å². The summed E-state index contributed by atoms with van der Waals surface area (Å²) in [6.07, 6.45) is 1.91. The quantitative estimate of drug-likeness (QED) is 0.311. The Morgan fingerprint density at radius 2 is 1.72 bits per heavy atom. The average Bonchev–Trinajstić information content (AvgIpc) is 3.35. The van der Waals surface area contributed by atoms with Gasteiger partial charge in [-0.3, -0.25) is 4.98 Å². The number of ether oxygens (including phenoxy) is 1. The van der Waals surface area contributed by atoms with E-state index in [9.17, 15) is 5.11 Å². The lowest BCUT2D eigenvalue weighted by Gasteiger charge is -2.28. The molecule has 3 heterocycles. The molecule has 1 fully saturated rings. The molecule has 1 aliphatic rings. The molecule has 1 saturated heterocycles. The summed E-state index contributed by atoms with van der Waals surface area (Å²) in [5, 5.41) is 14.8. The molecule has 0 radical (unpaired) electrons. The van der Waals surface area contributed by atoms with Crippen LogP contribution in [0.25, 0.3) is 5.69 Å². The first-order valence-corrected chi connectivity index (χ1v) is 12.5. The Bertz CT molecular complexity index is 1380. The van der Waals surface area contributed by atoms with Crippen LogP contribution in [-0.2, 0) is 0 Å². The number of nitrogens with one attached hydrogen (secondary N) is 1. The van der Waals surface area contributed by atoms with Crippen molar-refractivity contribution < 1.29 is 9.84 Å². The van der Waals surface area contributed by atoms with Gasteiger partial charge in [0.05, 0.1) is 29.6 Å². The number of aryl methyl sites for hydroxylation is 1. The van der Waals surface area contributed by atoms with E-state index in [1.54, 1.807) is 6.07 Å². The number of nitrogens with zero attached hydrogens (tertiary/aromatic N) is 3. The van der Waals surface area contributed by atoms with Crippen LogP contribution in [0.5, 0.6) is 11.5 Å². The van der Waals surface area contributed by atoms with Gasteiger partial charge in [-0.1, -0.05) is 18.2 Å². The smallest absolute Gasteiger partial charge is 0.174 e. The van der Waals surface area contributed by atoms with Gasteiger partial charge in [-0.25, -0.2) is 0 Å². The fourth-order valence-electron chi connectivity index (χ4n) is 5.02. The molecule has 0 bridgehead atoms. The third kappa shape index (κ3) is 4.31. The van der Waals surface area contributed by atoms with Gasteiger partial charge in [0.15, 0.2) is 5.11 Å². The van der Waals surface area contributed by atoms with E-state index in [1.165, 1.54) is 0 Å². The molecule has 7 heteroatoms. The van der Waals surface area contributed by atoms with Crippen molar-refractivity contribution in [3.63, 3.8) is 0 Å². The predicted octanol–water partition coefficient (Wildman–Crippen LogP) is 6.16. The van der Waals surface area contributed by atoms with Gasteiger partial charge in [0.2, 0.25) is 0 Å². The Balaban J connectivity index is 1.64. The van der Waals surface area contributed by atoms with Crippen LogP contribution in [0.1, 0.15) is 48.6 Å². The molecule has 0 amide bonds. The Labute approximate surface area is 217 Å². The van der Waals surface area contributed by atoms with E-state index in [1.807, 2.05) is 80.7 Å². The van der Waals surface area contributed by atoms with Gasteiger partial charge in [0.25, 0.3) is 0 Å². The first kappa shape index (κ1) is 23.9. The highest BCUT2D eigenvalue weighted by molar-refractivity contribution is 7.80. The monoisotopic (exact) mass is 498 g/mol. The highest BCUT2D eigenvalue weighted by atomic mass is 32.1. The van der Waals surface area contributed by atoms with E-state index in [2.05, 4.69) is 39.7 Å². The standard InChI is InChI=1S/C29H30N4O2S/c1-18(2)35-22-14-12-21(13-15-22)33-28(27(31-29(33)36)24-9-7-8-16-30-24)23-17-19(3)32(20(23)4)25-10-5-6-11-26(25)34/h5-18,27-28,34H,1-4H3,(H,31,36)/t27-,28+/m1/s1.